The molecule has 0 N–H and O–H groups in total. The molecule has 4 saturated carbocycles. The van der Waals surface area contributed by atoms with Crippen LogP contribution in [0.2, 0.25) is 0 Å². The minimum Gasteiger partial charge on any atom is -0.465 e. The summed E-state index contributed by atoms with van der Waals surface area (Å²) in [4.78, 5) is 36.2. The number of carbonyl (C=O) groups excluding carboxylic acids is 2. The van der Waals surface area contributed by atoms with Crippen LogP contribution in [-0.4, -0.2) is 35.9 Å². The van der Waals surface area contributed by atoms with E-state index in [9.17, 15) is 9.59 Å². The van der Waals surface area contributed by atoms with Crippen molar-refractivity contribution in [2.45, 2.75) is 104 Å². The number of thiazole rings is 1. The van der Waals surface area contributed by atoms with Crippen LogP contribution in [0.3, 0.4) is 0 Å². The molecule has 0 radical (unpaired) electrons. The highest BCUT2D eigenvalue weighted by Gasteiger charge is 2.70. The van der Waals surface area contributed by atoms with Gasteiger partial charge in [-0.1, -0.05) is 71.4 Å². The predicted molar refractivity (Wildman–Crippen MR) is 228 cm³/mol. The zero-order chi connectivity index (χ0) is 38.4. The van der Waals surface area contributed by atoms with Crippen molar-refractivity contribution < 1.29 is 14.3 Å². The van der Waals surface area contributed by atoms with E-state index in [1.165, 1.54) is 68.1 Å². The molecule has 3 heterocycles. The van der Waals surface area contributed by atoms with E-state index in [2.05, 4.69) is 80.6 Å². The lowest BCUT2D eigenvalue weighted by molar-refractivity contribution is -0.215. The van der Waals surface area contributed by atoms with Crippen molar-refractivity contribution in [3.8, 4) is 10.6 Å². The van der Waals surface area contributed by atoms with Crippen molar-refractivity contribution in [2.24, 2.45) is 45.3 Å². The van der Waals surface area contributed by atoms with E-state index in [4.69, 9.17) is 9.72 Å². The second-order valence-electron chi connectivity index (χ2n) is 18.9. The van der Waals surface area contributed by atoms with Gasteiger partial charge in [0.25, 0.3) is 0 Å². The number of thiophene rings is 2. The van der Waals surface area contributed by atoms with E-state index in [0.717, 1.165) is 35.0 Å². The number of nitrogens with zero attached hydrogens (tertiary/aromatic N) is 2. The third-order valence-corrected chi connectivity index (χ3v) is 19.3. The number of hydrogen-bond acceptors (Lipinski definition) is 8. The van der Waals surface area contributed by atoms with Crippen molar-refractivity contribution in [1.29, 1.82) is 0 Å². The maximum atomic E-state index is 14.1. The average molecular weight is 793 g/mol. The van der Waals surface area contributed by atoms with Gasteiger partial charge in [0.15, 0.2) is 10.9 Å². The molecule has 5 nitrogen and oxygen atoms in total. The minimum atomic E-state index is -0.282. The Bertz CT molecular complexity index is 2100. The molecule has 0 amide bonds. The fourth-order valence-corrected chi connectivity index (χ4v) is 16.3. The third kappa shape index (κ3) is 5.57. The molecule has 1 aromatic carbocycles. The largest absolute Gasteiger partial charge is 0.465 e. The fourth-order valence-electron chi connectivity index (χ4n) is 14.0. The Morgan fingerprint density at radius 3 is 2.33 bits per heavy atom. The van der Waals surface area contributed by atoms with E-state index >= 15 is 0 Å². The van der Waals surface area contributed by atoms with Gasteiger partial charge >= 0.3 is 5.97 Å². The molecular weight excluding hydrogens is 737 g/mol. The van der Waals surface area contributed by atoms with Crippen molar-refractivity contribution >= 4 is 56.5 Å². The van der Waals surface area contributed by atoms with Gasteiger partial charge in [-0.25, -0.2) is 9.78 Å². The number of esters is 1. The number of aromatic nitrogens is 1. The summed E-state index contributed by atoms with van der Waals surface area (Å²) in [7, 11) is 1.45. The third-order valence-electron chi connectivity index (χ3n) is 16.6. The standard InChI is InChI=1S/C47H56N2O3S3/c1-43(2)32(30-13-15-31(16-14-30)41(51)52-6)19-22-44(3)39(43)20-23-46(5)40(44)18-17-33-34-10-7-21-47(34,25-24-45(33,46)4)49(28-36(50)38-12-9-27-54-38)42-48-35(29-55-42)37-11-8-26-53-37/h8-9,11-16,19,26-27,29,33-34,39-40H,7,10,17-18,20-25,28H2,1-6H3/t33-,34?,39?,40?,44+,45-,46-,47+/m1/s1. The monoisotopic (exact) mass is 792 g/mol. The van der Waals surface area contributed by atoms with Crippen LogP contribution in [0.5, 0.6) is 0 Å². The van der Waals surface area contributed by atoms with Crippen LogP contribution >= 0.6 is 34.0 Å². The van der Waals surface area contributed by atoms with Crippen LogP contribution in [0, 0.1) is 45.3 Å². The molecule has 290 valence electrons. The van der Waals surface area contributed by atoms with E-state index in [0.29, 0.717) is 35.8 Å². The molecule has 8 heteroatoms. The van der Waals surface area contributed by atoms with E-state index in [1.54, 1.807) is 34.0 Å². The van der Waals surface area contributed by atoms with Crippen molar-refractivity contribution in [1.82, 2.24) is 4.98 Å². The molecule has 0 saturated heterocycles. The highest BCUT2D eigenvalue weighted by atomic mass is 32.1. The summed E-state index contributed by atoms with van der Waals surface area (Å²) in [5.41, 5.74) is 5.02. The molecule has 4 aromatic rings. The van der Waals surface area contributed by atoms with Crippen LogP contribution in [0.4, 0.5) is 5.13 Å². The Labute approximate surface area is 339 Å². The molecule has 5 aliphatic rings. The van der Waals surface area contributed by atoms with Gasteiger partial charge < -0.3 is 9.64 Å². The van der Waals surface area contributed by atoms with E-state index < -0.39 is 0 Å². The molecule has 9 rings (SSSR count). The molecular formula is C47H56N2O3S3. The van der Waals surface area contributed by atoms with Crippen LogP contribution in [0.1, 0.15) is 124 Å². The van der Waals surface area contributed by atoms with Gasteiger partial charge in [-0.2, -0.15) is 0 Å². The smallest absolute Gasteiger partial charge is 0.337 e. The van der Waals surface area contributed by atoms with Gasteiger partial charge in [0.1, 0.15) is 0 Å². The number of ketones is 1. The Morgan fingerprint density at radius 1 is 0.818 bits per heavy atom. The summed E-state index contributed by atoms with van der Waals surface area (Å²) in [5.74, 6) is 2.39. The zero-order valence-corrected chi connectivity index (χ0v) is 35.8. The highest BCUT2D eigenvalue weighted by Crippen LogP contribution is 2.76. The number of rotatable bonds is 8. The SMILES string of the molecule is COC(=O)c1ccc(C2=CC[C@@]3(C)C(CC[C@]4(C)C3CC[C@@H]3C5CCC[C@]5(N(CC(=O)c5cccs5)c5nc(-c6cccs6)cs5)CC[C@]34C)C2(C)C)cc1. The van der Waals surface area contributed by atoms with Crippen molar-refractivity contribution in [3.05, 3.63) is 86.8 Å². The number of carbonyl (C=O) groups is 2. The van der Waals surface area contributed by atoms with Gasteiger partial charge in [0.05, 0.1) is 34.7 Å². The Morgan fingerprint density at radius 2 is 1.60 bits per heavy atom. The number of hydrogen-bond donors (Lipinski definition) is 0. The lowest BCUT2D eigenvalue weighted by Crippen LogP contribution is -2.68. The fraction of sp³-hybridized carbons (Fsp3) is 0.553. The molecule has 5 aliphatic carbocycles. The van der Waals surface area contributed by atoms with Crippen LogP contribution in [0.25, 0.3) is 16.1 Å². The number of allylic oxidation sites excluding steroid dienone is 2. The summed E-state index contributed by atoms with van der Waals surface area (Å²) >= 11 is 5.05. The second kappa shape index (κ2) is 13.5. The number of benzene rings is 1. The van der Waals surface area contributed by atoms with Crippen LogP contribution < -0.4 is 4.90 Å². The average Bonchev–Trinajstić information content (AvgIpc) is 4.01. The van der Waals surface area contributed by atoms with Crippen LogP contribution in [-0.2, 0) is 4.74 Å². The maximum absolute atomic E-state index is 14.1. The predicted octanol–water partition coefficient (Wildman–Crippen LogP) is 12.7. The Kier molecular flexibility index (Phi) is 9.21. The van der Waals surface area contributed by atoms with Gasteiger partial charge in [-0.05, 0) is 149 Å². The number of fused-ring (bicyclic) bond motifs is 7. The van der Waals surface area contributed by atoms with Gasteiger partial charge in [-0.15, -0.1) is 34.0 Å². The van der Waals surface area contributed by atoms with E-state index in [1.807, 2.05) is 29.6 Å². The summed E-state index contributed by atoms with van der Waals surface area (Å²) in [6.45, 7) is 13.5. The Hall–Kier alpha value is -3.07. The summed E-state index contributed by atoms with van der Waals surface area (Å²) in [6.07, 6.45) is 14.8. The second-order valence-corrected chi connectivity index (χ2v) is 21.6. The minimum absolute atomic E-state index is 0.0251. The topological polar surface area (TPSA) is 59.5 Å². The first-order chi connectivity index (χ1) is 26.4. The zero-order valence-electron chi connectivity index (χ0n) is 33.4. The van der Waals surface area contributed by atoms with Gasteiger partial charge in [-0.3, -0.25) is 4.79 Å². The van der Waals surface area contributed by atoms with Gasteiger partial charge in [0.2, 0.25) is 0 Å². The summed E-state index contributed by atoms with van der Waals surface area (Å²) in [5, 5.41) is 7.40. The molecule has 0 spiro atoms. The first-order valence-corrected chi connectivity index (χ1v) is 23.2. The molecule has 3 aromatic heterocycles. The molecule has 0 bridgehead atoms. The quantitative estimate of drug-likeness (QED) is 0.131. The molecule has 0 aliphatic heterocycles. The first-order valence-electron chi connectivity index (χ1n) is 20.6. The Balaban J connectivity index is 1.04. The lowest BCUT2D eigenvalue weighted by Gasteiger charge is -2.72. The normalized spacial score (nSPS) is 34.8. The number of anilines is 1. The van der Waals surface area contributed by atoms with Crippen LogP contribution in [0.15, 0.2) is 70.7 Å². The summed E-state index contributed by atoms with van der Waals surface area (Å²) < 4.78 is 4.98. The number of methoxy groups -OCH3 is 1. The first kappa shape index (κ1) is 37.5. The van der Waals surface area contributed by atoms with Crippen molar-refractivity contribution in [2.75, 3.05) is 18.6 Å². The number of ether oxygens (including phenoxy) is 1. The summed E-state index contributed by atoms with van der Waals surface area (Å²) in [6, 6.07) is 16.4. The maximum Gasteiger partial charge on any atom is 0.337 e. The van der Waals surface area contributed by atoms with Crippen molar-refractivity contribution in [3.63, 3.8) is 0 Å². The molecule has 4 fully saturated rings. The number of Topliss-reactive ketones (excluding diaryl/α,β-unsaturated/α-hetero) is 1. The van der Waals surface area contributed by atoms with E-state index in [-0.39, 0.29) is 39.0 Å². The van der Waals surface area contributed by atoms with Gasteiger partial charge in [0, 0.05) is 10.9 Å². The molecule has 55 heavy (non-hydrogen) atoms. The molecule has 3 unspecified atom stereocenters. The highest BCUT2D eigenvalue weighted by molar-refractivity contribution is 7.16. The molecule has 8 atom stereocenters. The lowest BCUT2D eigenvalue weighted by atomic mass is 9.33.